The van der Waals surface area contributed by atoms with Gasteiger partial charge in [0.05, 0.1) is 0 Å². The molecule has 134 valence electrons. The van der Waals surface area contributed by atoms with Crippen LogP contribution in [0.4, 0.5) is 0 Å². The summed E-state index contributed by atoms with van der Waals surface area (Å²) in [7, 11) is 1.80. The number of hydrogen-bond donors (Lipinski definition) is 1. The highest BCUT2D eigenvalue weighted by atomic mass is 16.5. The quantitative estimate of drug-likeness (QED) is 0.789. The van der Waals surface area contributed by atoms with Crippen LogP contribution < -0.4 is 5.73 Å². The first-order valence-corrected chi connectivity index (χ1v) is 8.31. The Morgan fingerprint density at radius 3 is 2.28 bits per heavy atom. The zero-order valence-corrected chi connectivity index (χ0v) is 14.9. The molecule has 2 rings (SSSR count). The van der Waals surface area contributed by atoms with Crippen molar-refractivity contribution in [3.05, 3.63) is 41.7 Å². The van der Waals surface area contributed by atoms with E-state index in [2.05, 4.69) is 23.9 Å². The van der Waals surface area contributed by atoms with Crippen LogP contribution in [0.15, 0.2) is 34.9 Å². The summed E-state index contributed by atoms with van der Waals surface area (Å²) in [5.74, 6) is -0.691. The smallest absolute Gasteiger partial charge is 0.287 e. The van der Waals surface area contributed by atoms with Crippen LogP contribution in [0.3, 0.4) is 0 Å². The summed E-state index contributed by atoms with van der Waals surface area (Å²) in [6, 6.07) is 8.51. The van der Waals surface area contributed by atoms with Crippen LogP contribution in [0.25, 0.3) is 11.3 Å². The highest BCUT2D eigenvalue weighted by Gasteiger charge is 2.14. The van der Waals surface area contributed by atoms with Crippen LogP contribution in [0, 0.1) is 0 Å². The molecule has 25 heavy (non-hydrogen) atoms. The van der Waals surface area contributed by atoms with Gasteiger partial charge in [0.2, 0.25) is 5.76 Å². The van der Waals surface area contributed by atoms with Gasteiger partial charge in [-0.05, 0) is 25.2 Å². The number of carbonyl (C=O) groups excluding carboxylic acids is 2. The number of aromatic nitrogens is 1. The van der Waals surface area contributed by atoms with Crippen LogP contribution in [0.2, 0.25) is 0 Å². The van der Waals surface area contributed by atoms with Gasteiger partial charge in [0.1, 0.15) is 5.69 Å². The Kier molecular flexibility index (Phi) is 6.30. The molecule has 2 aromatic rings. The van der Waals surface area contributed by atoms with Gasteiger partial charge < -0.3 is 20.1 Å². The summed E-state index contributed by atoms with van der Waals surface area (Å²) < 4.78 is 4.87. The van der Waals surface area contributed by atoms with Crippen molar-refractivity contribution in [2.24, 2.45) is 5.73 Å². The molecule has 2 N–H and O–H groups in total. The van der Waals surface area contributed by atoms with Crippen molar-refractivity contribution in [3.8, 4) is 11.3 Å². The van der Waals surface area contributed by atoms with Crippen molar-refractivity contribution < 1.29 is 14.1 Å². The lowest BCUT2D eigenvalue weighted by Gasteiger charge is -2.23. The summed E-state index contributed by atoms with van der Waals surface area (Å²) in [4.78, 5) is 27.5. The van der Waals surface area contributed by atoms with Crippen molar-refractivity contribution in [2.75, 3.05) is 33.2 Å². The van der Waals surface area contributed by atoms with E-state index >= 15 is 0 Å². The molecule has 1 aromatic heterocycles. The largest absolute Gasteiger partial charge is 0.363 e. The molecule has 0 saturated heterocycles. The molecule has 0 unspecified atom stereocenters. The molecule has 0 aliphatic carbocycles. The number of hydrogen-bond acceptors (Lipinski definition) is 5. The number of primary amides is 1. The molecule has 1 heterocycles. The zero-order chi connectivity index (χ0) is 18.4. The van der Waals surface area contributed by atoms with Crippen LogP contribution in [0.5, 0.6) is 0 Å². The van der Waals surface area contributed by atoms with Crippen LogP contribution in [-0.4, -0.2) is 60.0 Å². The number of nitrogens with zero attached hydrogens (tertiary/aromatic N) is 3. The molecule has 7 heteroatoms. The van der Waals surface area contributed by atoms with Crippen LogP contribution in [0.1, 0.15) is 34.8 Å². The Hall–Kier alpha value is -2.67. The van der Waals surface area contributed by atoms with E-state index in [1.807, 2.05) is 0 Å². The number of nitrogens with two attached hydrogens (primary N) is 1. The van der Waals surface area contributed by atoms with E-state index < -0.39 is 5.91 Å². The third-order valence-corrected chi connectivity index (χ3v) is 4.17. The van der Waals surface area contributed by atoms with Gasteiger partial charge >= 0.3 is 0 Å². The van der Waals surface area contributed by atoms with Crippen molar-refractivity contribution >= 4 is 11.8 Å². The van der Waals surface area contributed by atoms with Gasteiger partial charge in [-0.25, -0.2) is 0 Å². The Labute approximate surface area is 147 Å². The predicted molar refractivity (Wildman–Crippen MR) is 95.2 cm³/mol. The number of carbonyl (C=O) groups is 2. The van der Waals surface area contributed by atoms with Crippen LogP contribution >= 0.6 is 0 Å². The maximum Gasteiger partial charge on any atom is 0.287 e. The lowest BCUT2D eigenvalue weighted by Crippen LogP contribution is -2.36. The fraction of sp³-hybridized carbons (Fsp3) is 0.389. The molecular formula is C18H24N4O3. The van der Waals surface area contributed by atoms with Gasteiger partial charge in [-0.15, -0.1) is 0 Å². The predicted octanol–water partition coefficient (Wildman–Crippen LogP) is 1.85. The third kappa shape index (κ3) is 4.67. The monoisotopic (exact) mass is 344 g/mol. The first-order chi connectivity index (χ1) is 12.0. The molecule has 0 saturated carbocycles. The van der Waals surface area contributed by atoms with Gasteiger partial charge in [-0.2, -0.15) is 0 Å². The van der Waals surface area contributed by atoms with E-state index in [0.29, 0.717) is 17.8 Å². The zero-order valence-electron chi connectivity index (χ0n) is 14.9. The average Bonchev–Trinajstić information content (AvgIpc) is 3.12. The average molecular weight is 344 g/mol. The molecule has 0 aliphatic heterocycles. The Bertz CT molecular complexity index is 720. The van der Waals surface area contributed by atoms with Crippen molar-refractivity contribution in [2.45, 2.75) is 13.8 Å². The summed E-state index contributed by atoms with van der Waals surface area (Å²) in [5, 5.41) is 3.81. The van der Waals surface area contributed by atoms with E-state index in [0.717, 1.165) is 25.2 Å². The topological polar surface area (TPSA) is 92.7 Å². The van der Waals surface area contributed by atoms with E-state index in [1.54, 1.807) is 36.2 Å². The van der Waals surface area contributed by atoms with Crippen molar-refractivity contribution in [1.29, 1.82) is 0 Å². The van der Waals surface area contributed by atoms with Gasteiger partial charge in [0.25, 0.3) is 11.8 Å². The molecule has 0 atom stereocenters. The fourth-order valence-electron chi connectivity index (χ4n) is 2.46. The van der Waals surface area contributed by atoms with Gasteiger partial charge in [0, 0.05) is 37.3 Å². The lowest BCUT2D eigenvalue weighted by atomic mass is 10.1. The number of likely N-dealkylation sites (N-methyl/N-ethyl adjacent to an activating group) is 2. The van der Waals surface area contributed by atoms with Gasteiger partial charge in [-0.1, -0.05) is 31.1 Å². The first kappa shape index (κ1) is 18.7. The summed E-state index contributed by atoms with van der Waals surface area (Å²) in [6.45, 7) is 7.68. The SMILES string of the molecule is CCN(CC)CCN(C)C(=O)c1ccc(-c2cc(C(N)=O)on2)cc1. The Balaban J connectivity index is 2.02. The normalized spacial score (nSPS) is 10.9. The molecule has 0 radical (unpaired) electrons. The summed E-state index contributed by atoms with van der Waals surface area (Å²) in [6.07, 6.45) is 0. The van der Waals surface area contributed by atoms with Crippen molar-refractivity contribution in [1.82, 2.24) is 15.0 Å². The highest BCUT2D eigenvalue weighted by molar-refractivity contribution is 5.94. The number of amides is 2. The van der Waals surface area contributed by atoms with E-state index in [1.165, 1.54) is 6.07 Å². The minimum Gasteiger partial charge on any atom is -0.363 e. The van der Waals surface area contributed by atoms with E-state index in [9.17, 15) is 9.59 Å². The second-order valence-corrected chi connectivity index (χ2v) is 5.77. The van der Waals surface area contributed by atoms with Gasteiger partial charge in [-0.3, -0.25) is 9.59 Å². The Morgan fingerprint density at radius 1 is 1.12 bits per heavy atom. The minimum absolute atomic E-state index is 0.00582. The molecule has 0 fully saturated rings. The maximum absolute atomic E-state index is 12.5. The molecule has 0 spiro atoms. The Morgan fingerprint density at radius 2 is 1.76 bits per heavy atom. The third-order valence-electron chi connectivity index (χ3n) is 4.17. The standard InChI is InChI=1S/C18H24N4O3/c1-4-22(5-2)11-10-21(3)18(24)14-8-6-13(7-9-14)15-12-16(17(19)23)25-20-15/h6-9,12H,4-5,10-11H2,1-3H3,(H2,19,23). The molecule has 0 aliphatic rings. The highest BCUT2D eigenvalue weighted by Crippen LogP contribution is 2.20. The first-order valence-electron chi connectivity index (χ1n) is 8.31. The number of rotatable bonds is 8. The summed E-state index contributed by atoms with van der Waals surface area (Å²) in [5.41, 5.74) is 7.00. The summed E-state index contributed by atoms with van der Waals surface area (Å²) >= 11 is 0. The lowest BCUT2D eigenvalue weighted by molar-refractivity contribution is 0.0779. The molecule has 2 amide bonds. The molecular weight excluding hydrogens is 320 g/mol. The van der Waals surface area contributed by atoms with Crippen LogP contribution in [-0.2, 0) is 0 Å². The van der Waals surface area contributed by atoms with Crippen molar-refractivity contribution in [3.63, 3.8) is 0 Å². The second kappa shape index (κ2) is 8.43. The molecule has 1 aromatic carbocycles. The molecule has 7 nitrogen and oxygen atoms in total. The fourth-order valence-corrected chi connectivity index (χ4v) is 2.46. The van der Waals surface area contributed by atoms with Gasteiger partial charge in [0.15, 0.2) is 0 Å². The van der Waals surface area contributed by atoms with E-state index in [-0.39, 0.29) is 11.7 Å². The van der Waals surface area contributed by atoms with E-state index in [4.69, 9.17) is 10.3 Å². The maximum atomic E-state index is 12.5. The molecule has 0 bridgehead atoms. The number of benzene rings is 1. The minimum atomic E-state index is -0.666. The second-order valence-electron chi connectivity index (χ2n) is 5.77.